The van der Waals surface area contributed by atoms with Crippen LogP contribution in [0.5, 0.6) is 0 Å². The van der Waals surface area contributed by atoms with E-state index in [-0.39, 0.29) is 0 Å². The molecule has 5 heteroatoms. The molecule has 1 saturated heterocycles. The molecule has 0 bridgehead atoms. The van der Waals surface area contributed by atoms with Crippen LogP contribution in [0.2, 0.25) is 0 Å². The zero-order valence-electron chi connectivity index (χ0n) is 10.7. The van der Waals surface area contributed by atoms with E-state index in [1.165, 1.54) is 5.56 Å². The lowest BCUT2D eigenvalue weighted by atomic mass is 10.2. The summed E-state index contributed by atoms with van der Waals surface area (Å²) in [5.41, 5.74) is 1.24. The highest BCUT2D eigenvalue weighted by Gasteiger charge is 2.22. The highest BCUT2D eigenvalue weighted by atomic mass is 79.9. The third-order valence-corrected chi connectivity index (χ3v) is 3.56. The number of nitrogens with zero attached hydrogens (tertiary/aromatic N) is 2. The predicted molar refractivity (Wildman–Crippen MR) is 75.5 cm³/mol. The van der Waals surface area contributed by atoms with Crippen molar-refractivity contribution in [2.45, 2.75) is 19.5 Å². The van der Waals surface area contributed by atoms with Gasteiger partial charge >= 0.3 is 0 Å². The molecule has 0 radical (unpaired) electrons. The molecule has 18 heavy (non-hydrogen) atoms. The normalized spacial score (nSPS) is 21.1. The van der Waals surface area contributed by atoms with Gasteiger partial charge in [-0.15, -0.1) is 0 Å². The Labute approximate surface area is 117 Å². The molecule has 1 atom stereocenters. The van der Waals surface area contributed by atoms with E-state index < -0.39 is 0 Å². The van der Waals surface area contributed by atoms with E-state index in [9.17, 15) is 0 Å². The van der Waals surface area contributed by atoms with Crippen LogP contribution in [0.3, 0.4) is 0 Å². The van der Waals surface area contributed by atoms with E-state index in [4.69, 9.17) is 4.74 Å². The number of halogens is 1. The zero-order chi connectivity index (χ0) is 12.8. The van der Waals surface area contributed by atoms with Crippen molar-refractivity contribution < 1.29 is 4.74 Å². The minimum Gasteiger partial charge on any atom is -0.378 e. The van der Waals surface area contributed by atoms with Gasteiger partial charge in [-0.05, 0) is 34.1 Å². The molecule has 1 aliphatic heterocycles. The summed E-state index contributed by atoms with van der Waals surface area (Å²) in [7, 11) is 0. The first-order valence-corrected chi connectivity index (χ1v) is 7.21. The number of nitrogens with one attached hydrogen (secondary N) is 1. The fraction of sp³-hybridized carbons (Fsp3) is 0.615. The third-order valence-electron chi connectivity index (χ3n) is 3.13. The quantitative estimate of drug-likeness (QED) is 0.897. The van der Waals surface area contributed by atoms with Crippen LogP contribution in [0.25, 0.3) is 0 Å². The van der Waals surface area contributed by atoms with Crippen molar-refractivity contribution in [3.8, 4) is 0 Å². The van der Waals surface area contributed by atoms with Crippen molar-refractivity contribution in [3.05, 3.63) is 28.5 Å². The van der Waals surface area contributed by atoms with Gasteiger partial charge in [-0.3, -0.25) is 9.88 Å². The Bertz CT molecular complexity index is 375. The second-order valence-corrected chi connectivity index (χ2v) is 5.43. The number of morpholine rings is 1. The number of pyridine rings is 1. The van der Waals surface area contributed by atoms with E-state index in [1.807, 2.05) is 12.4 Å². The van der Waals surface area contributed by atoms with Crippen LogP contribution < -0.4 is 5.32 Å². The van der Waals surface area contributed by atoms with E-state index in [2.05, 4.69) is 44.1 Å². The zero-order valence-corrected chi connectivity index (χ0v) is 12.3. The van der Waals surface area contributed by atoms with Crippen LogP contribution in [-0.2, 0) is 11.3 Å². The Balaban J connectivity index is 1.96. The Kier molecular flexibility index (Phi) is 5.56. The molecule has 4 nitrogen and oxygen atoms in total. The fourth-order valence-electron chi connectivity index (χ4n) is 2.17. The van der Waals surface area contributed by atoms with Crippen molar-refractivity contribution in [2.75, 3.05) is 32.8 Å². The Hall–Kier alpha value is -0.490. The highest BCUT2D eigenvalue weighted by Crippen LogP contribution is 2.15. The molecule has 2 heterocycles. The first kappa shape index (κ1) is 13.9. The molecule has 100 valence electrons. The van der Waals surface area contributed by atoms with Gasteiger partial charge < -0.3 is 10.1 Å². The molecule has 0 amide bonds. The lowest BCUT2D eigenvalue weighted by molar-refractivity contribution is -0.0108. The molecule has 1 aromatic heterocycles. The maximum Gasteiger partial charge on any atom is 0.0635 e. The van der Waals surface area contributed by atoms with Crippen LogP contribution >= 0.6 is 15.9 Å². The Morgan fingerprint density at radius 3 is 3.22 bits per heavy atom. The van der Waals surface area contributed by atoms with Crippen LogP contribution in [0.1, 0.15) is 12.5 Å². The van der Waals surface area contributed by atoms with E-state index in [0.29, 0.717) is 6.04 Å². The second-order valence-electron chi connectivity index (χ2n) is 4.52. The molecule has 0 aromatic carbocycles. The van der Waals surface area contributed by atoms with Crippen molar-refractivity contribution in [1.29, 1.82) is 0 Å². The van der Waals surface area contributed by atoms with Crippen LogP contribution in [0.15, 0.2) is 22.9 Å². The molecule has 1 aromatic rings. The average Bonchev–Trinajstić information content (AvgIpc) is 2.38. The topological polar surface area (TPSA) is 37.4 Å². The van der Waals surface area contributed by atoms with Crippen molar-refractivity contribution in [1.82, 2.24) is 15.2 Å². The smallest absolute Gasteiger partial charge is 0.0635 e. The van der Waals surface area contributed by atoms with Gasteiger partial charge in [-0.1, -0.05) is 6.92 Å². The van der Waals surface area contributed by atoms with Gasteiger partial charge in [-0.2, -0.15) is 0 Å². The van der Waals surface area contributed by atoms with Crippen LogP contribution in [0.4, 0.5) is 0 Å². The molecular weight excluding hydrogens is 294 g/mol. The second kappa shape index (κ2) is 7.19. The number of likely N-dealkylation sites (N-methyl/N-ethyl adjacent to an activating group) is 1. The first-order chi connectivity index (χ1) is 8.79. The summed E-state index contributed by atoms with van der Waals surface area (Å²) in [5.74, 6) is 0. The van der Waals surface area contributed by atoms with Crippen molar-refractivity contribution in [3.63, 3.8) is 0 Å². The highest BCUT2D eigenvalue weighted by molar-refractivity contribution is 9.10. The summed E-state index contributed by atoms with van der Waals surface area (Å²) in [4.78, 5) is 6.68. The Morgan fingerprint density at radius 1 is 1.56 bits per heavy atom. The maximum atomic E-state index is 5.56. The summed E-state index contributed by atoms with van der Waals surface area (Å²) in [6, 6.07) is 2.59. The van der Waals surface area contributed by atoms with Gasteiger partial charge in [0, 0.05) is 42.5 Å². The van der Waals surface area contributed by atoms with Gasteiger partial charge in [0.25, 0.3) is 0 Å². The maximum absolute atomic E-state index is 5.56. The number of aromatic nitrogens is 1. The number of rotatable bonds is 5. The van der Waals surface area contributed by atoms with Crippen LogP contribution in [-0.4, -0.2) is 48.8 Å². The molecular formula is C13H20BrN3O. The lowest BCUT2D eigenvalue weighted by Gasteiger charge is -2.35. The third kappa shape index (κ3) is 4.02. The fourth-order valence-corrected chi connectivity index (χ4v) is 2.59. The largest absolute Gasteiger partial charge is 0.378 e. The summed E-state index contributed by atoms with van der Waals surface area (Å²) < 4.78 is 6.60. The number of ether oxygens (including phenoxy) is 1. The monoisotopic (exact) mass is 313 g/mol. The average molecular weight is 314 g/mol. The first-order valence-electron chi connectivity index (χ1n) is 6.41. The molecule has 1 aliphatic rings. The van der Waals surface area contributed by atoms with Crippen molar-refractivity contribution in [2.24, 2.45) is 0 Å². The number of hydrogen-bond donors (Lipinski definition) is 1. The SMILES string of the molecule is CCNCC1COCCN1Cc1cncc(Br)c1. The van der Waals surface area contributed by atoms with E-state index in [0.717, 1.165) is 43.9 Å². The van der Waals surface area contributed by atoms with Gasteiger partial charge in [0.1, 0.15) is 0 Å². The minimum absolute atomic E-state index is 0.456. The summed E-state index contributed by atoms with van der Waals surface area (Å²) >= 11 is 3.47. The van der Waals surface area contributed by atoms with Gasteiger partial charge in [0.05, 0.1) is 13.2 Å². The van der Waals surface area contributed by atoms with E-state index >= 15 is 0 Å². The Morgan fingerprint density at radius 2 is 2.44 bits per heavy atom. The molecule has 0 aliphatic carbocycles. The van der Waals surface area contributed by atoms with E-state index in [1.54, 1.807) is 0 Å². The van der Waals surface area contributed by atoms with Crippen LogP contribution in [0, 0.1) is 0 Å². The molecule has 1 fully saturated rings. The van der Waals surface area contributed by atoms with Gasteiger partial charge in [0.2, 0.25) is 0 Å². The van der Waals surface area contributed by atoms with Gasteiger partial charge in [0.15, 0.2) is 0 Å². The standard InChI is InChI=1S/C13H20BrN3O/c1-2-15-8-13-10-18-4-3-17(13)9-11-5-12(14)7-16-6-11/h5-7,13,15H,2-4,8-10H2,1H3. The molecule has 1 N–H and O–H groups in total. The predicted octanol–water partition coefficient (Wildman–Crippen LogP) is 1.65. The summed E-state index contributed by atoms with van der Waals surface area (Å²) in [6.45, 7) is 7.68. The summed E-state index contributed by atoms with van der Waals surface area (Å²) in [5, 5.41) is 3.40. The molecule has 0 saturated carbocycles. The number of hydrogen-bond acceptors (Lipinski definition) is 4. The summed E-state index contributed by atoms with van der Waals surface area (Å²) in [6.07, 6.45) is 3.75. The molecule has 1 unspecified atom stereocenters. The molecule has 0 spiro atoms. The minimum atomic E-state index is 0.456. The molecule has 2 rings (SSSR count). The van der Waals surface area contributed by atoms with Crippen molar-refractivity contribution >= 4 is 15.9 Å². The van der Waals surface area contributed by atoms with Gasteiger partial charge in [-0.25, -0.2) is 0 Å². The lowest BCUT2D eigenvalue weighted by Crippen LogP contribution is -2.49.